The van der Waals surface area contributed by atoms with Gasteiger partial charge in [-0.15, -0.1) is 0 Å². The van der Waals surface area contributed by atoms with Crippen molar-refractivity contribution in [3.8, 4) is 5.75 Å². The molecule has 3 rings (SSSR count). The normalized spacial score (nSPS) is 15.6. The molecule has 2 aromatic rings. The van der Waals surface area contributed by atoms with Crippen LogP contribution in [-0.2, 0) is 6.61 Å². The van der Waals surface area contributed by atoms with E-state index in [9.17, 15) is 4.79 Å². The molecule has 2 aromatic carbocycles. The maximum atomic E-state index is 12.4. The van der Waals surface area contributed by atoms with E-state index in [1.807, 2.05) is 68.4 Å². The summed E-state index contributed by atoms with van der Waals surface area (Å²) in [5, 5.41) is 6.46. The zero-order valence-corrected chi connectivity index (χ0v) is 15.1. The number of benzene rings is 2. The molecular formula is C19H21N3O2S. The van der Waals surface area contributed by atoms with Crippen LogP contribution in [0.25, 0.3) is 0 Å². The lowest BCUT2D eigenvalue weighted by molar-refractivity contribution is 0.233. The third-order valence-electron chi connectivity index (χ3n) is 3.84. The van der Waals surface area contributed by atoms with Gasteiger partial charge in [0.15, 0.2) is 5.11 Å². The predicted octanol–water partition coefficient (Wildman–Crippen LogP) is 3.77. The van der Waals surface area contributed by atoms with Gasteiger partial charge in [0.25, 0.3) is 0 Å². The van der Waals surface area contributed by atoms with E-state index in [1.165, 1.54) is 0 Å². The Hall–Kier alpha value is -2.60. The fourth-order valence-corrected chi connectivity index (χ4v) is 3.01. The van der Waals surface area contributed by atoms with E-state index in [4.69, 9.17) is 17.0 Å². The van der Waals surface area contributed by atoms with Crippen molar-refractivity contribution in [2.75, 3.05) is 11.9 Å². The molecule has 0 spiro atoms. The number of hydrogen-bond donors (Lipinski definition) is 2. The second kappa shape index (κ2) is 7.11. The van der Waals surface area contributed by atoms with Crippen molar-refractivity contribution in [1.82, 2.24) is 10.2 Å². The van der Waals surface area contributed by atoms with E-state index in [0.29, 0.717) is 18.3 Å². The summed E-state index contributed by atoms with van der Waals surface area (Å²) in [6.45, 7) is 5.04. The topological polar surface area (TPSA) is 53.6 Å². The molecule has 0 aliphatic carbocycles. The Kier molecular flexibility index (Phi) is 4.90. The monoisotopic (exact) mass is 355 g/mol. The maximum absolute atomic E-state index is 12.4. The van der Waals surface area contributed by atoms with Crippen molar-refractivity contribution in [2.24, 2.45) is 0 Å². The van der Waals surface area contributed by atoms with E-state index in [-0.39, 0.29) is 11.6 Å². The highest BCUT2D eigenvalue weighted by atomic mass is 32.1. The van der Waals surface area contributed by atoms with Crippen molar-refractivity contribution in [1.29, 1.82) is 0 Å². The molecule has 6 heteroatoms. The number of nitrogens with zero attached hydrogens (tertiary/aromatic N) is 1. The van der Waals surface area contributed by atoms with Gasteiger partial charge in [0.1, 0.15) is 12.4 Å². The average Bonchev–Trinajstić information content (AvgIpc) is 2.88. The molecular weight excluding hydrogens is 334 g/mol. The van der Waals surface area contributed by atoms with E-state index >= 15 is 0 Å². The lowest BCUT2D eigenvalue weighted by atomic mass is 10.1. The summed E-state index contributed by atoms with van der Waals surface area (Å²) in [6.07, 6.45) is 0. The highest BCUT2D eigenvalue weighted by Crippen LogP contribution is 2.18. The first-order chi connectivity index (χ1) is 11.9. The highest BCUT2D eigenvalue weighted by Gasteiger charge is 2.35. The number of thiocarbonyl (C=S) groups is 1. The summed E-state index contributed by atoms with van der Waals surface area (Å²) in [5.41, 5.74) is 1.55. The number of ether oxygens (including phenoxy) is 1. The number of nitrogens with one attached hydrogen (secondary N) is 2. The Balaban J connectivity index is 1.55. The van der Waals surface area contributed by atoms with Gasteiger partial charge in [-0.1, -0.05) is 30.3 Å². The van der Waals surface area contributed by atoms with Crippen LogP contribution in [-0.4, -0.2) is 28.1 Å². The molecule has 25 heavy (non-hydrogen) atoms. The first-order valence-corrected chi connectivity index (χ1v) is 8.51. The summed E-state index contributed by atoms with van der Waals surface area (Å²) in [7, 11) is 0. The number of rotatable bonds is 4. The first kappa shape index (κ1) is 17.2. The van der Waals surface area contributed by atoms with Gasteiger partial charge in [-0.05, 0) is 55.9 Å². The smallest absolute Gasteiger partial charge is 0.328 e. The summed E-state index contributed by atoms with van der Waals surface area (Å²) in [5.74, 6) is 0.831. The molecule has 5 nitrogen and oxygen atoms in total. The molecule has 1 aliphatic heterocycles. The number of carbonyl (C=O) groups excluding carboxylic acids is 1. The van der Waals surface area contributed by atoms with E-state index < -0.39 is 0 Å². The van der Waals surface area contributed by atoms with Gasteiger partial charge < -0.3 is 15.4 Å². The van der Waals surface area contributed by atoms with Crippen molar-refractivity contribution < 1.29 is 9.53 Å². The van der Waals surface area contributed by atoms with Crippen molar-refractivity contribution >= 4 is 29.0 Å². The maximum Gasteiger partial charge on any atom is 0.328 e. The number of carbonyl (C=O) groups is 1. The highest BCUT2D eigenvalue weighted by molar-refractivity contribution is 7.80. The minimum atomic E-state index is -0.226. The standard InChI is InChI=1S/C19H21N3O2S/c1-19(2)13-22(18(25)21-19)17(23)20-15-10-8-14(9-11-15)12-24-16-6-4-3-5-7-16/h3-11H,12-13H2,1-2H3,(H,20,23)(H,21,25). The van der Waals surface area contributed by atoms with Crippen LogP contribution in [0.1, 0.15) is 19.4 Å². The number of amides is 2. The van der Waals surface area contributed by atoms with Gasteiger partial charge in [-0.2, -0.15) is 0 Å². The molecule has 2 amide bonds. The Morgan fingerprint density at radius 1 is 1.20 bits per heavy atom. The third-order valence-corrected chi connectivity index (χ3v) is 4.17. The van der Waals surface area contributed by atoms with Gasteiger partial charge in [0, 0.05) is 5.69 Å². The van der Waals surface area contributed by atoms with Crippen LogP contribution in [0.3, 0.4) is 0 Å². The van der Waals surface area contributed by atoms with Gasteiger partial charge in [0.05, 0.1) is 12.1 Å². The fraction of sp³-hybridized carbons (Fsp3) is 0.263. The van der Waals surface area contributed by atoms with E-state index in [2.05, 4.69) is 10.6 Å². The van der Waals surface area contributed by atoms with E-state index in [0.717, 1.165) is 17.0 Å². The lowest BCUT2D eigenvalue weighted by Gasteiger charge is -2.18. The van der Waals surface area contributed by atoms with Gasteiger partial charge >= 0.3 is 6.03 Å². The molecule has 1 aliphatic rings. The zero-order chi connectivity index (χ0) is 17.9. The average molecular weight is 355 g/mol. The minimum Gasteiger partial charge on any atom is -0.489 e. The summed E-state index contributed by atoms with van der Waals surface area (Å²) in [4.78, 5) is 13.9. The van der Waals surface area contributed by atoms with Crippen LogP contribution < -0.4 is 15.4 Å². The summed E-state index contributed by atoms with van der Waals surface area (Å²) in [6, 6.07) is 17.0. The number of hydrogen-bond acceptors (Lipinski definition) is 3. The first-order valence-electron chi connectivity index (χ1n) is 8.10. The second-order valence-corrected chi connectivity index (χ2v) is 7.02. The molecule has 0 unspecified atom stereocenters. The van der Waals surface area contributed by atoms with Crippen molar-refractivity contribution in [3.63, 3.8) is 0 Å². The number of anilines is 1. The number of para-hydroxylation sites is 1. The molecule has 0 bridgehead atoms. The SMILES string of the molecule is CC1(C)CN(C(=O)Nc2ccc(COc3ccccc3)cc2)C(=S)N1. The quantitative estimate of drug-likeness (QED) is 0.820. The molecule has 0 atom stereocenters. The van der Waals surface area contributed by atoms with Gasteiger partial charge in [-0.25, -0.2) is 4.79 Å². The van der Waals surface area contributed by atoms with Crippen LogP contribution in [0.4, 0.5) is 10.5 Å². The van der Waals surface area contributed by atoms with Gasteiger partial charge in [0.2, 0.25) is 0 Å². The second-order valence-electron chi connectivity index (χ2n) is 6.63. The molecule has 1 saturated heterocycles. The number of urea groups is 1. The summed E-state index contributed by atoms with van der Waals surface area (Å²) >= 11 is 5.22. The fourth-order valence-electron chi connectivity index (χ4n) is 2.59. The molecule has 0 aromatic heterocycles. The van der Waals surface area contributed by atoms with Crippen molar-refractivity contribution in [3.05, 3.63) is 60.2 Å². The Morgan fingerprint density at radius 2 is 1.88 bits per heavy atom. The molecule has 0 saturated carbocycles. The van der Waals surface area contributed by atoms with E-state index in [1.54, 1.807) is 4.90 Å². The zero-order valence-electron chi connectivity index (χ0n) is 14.3. The largest absolute Gasteiger partial charge is 0.489 e. The molecule has 1 heterocycles. The van der Waals surface area contributed by atoms with Crippen LogP contribution >= 0.6 is 12.2 Å². The molecule has 130 valence electrons. The van der Waals surface area contributed by atoms with Crippen LogP contribution in [0.2, 0.25) is 0 Å². The Morgan fingerprint density at radius 3 is 2.48 bits per heavy atom. The summed E-state index contributed by atoms with van der Waals surface area (Å²) < 4.78 is 5.71. The molecule has 2 N–H and O–H groups in total. The van der Waals surface area contributed by atoms with Gasteiger partial charge in [-0.3, -0.25) is 4.90 Å². The van der Waals surface area contributed by atoms with Crippen LogP contribution in [0, 0.1) is 0 Å². The minimum absolute atomic E-state index is 0.201. The molecule has 0 radical (unpaired) electrons. The third kappa shape index (κ3) is 4.48. The molecule has 1 fully saturated rings. The van der Waals surface area contributed by atoms with Crippen LogP contribution in [0.15, 0.2) is 54.6 Å². The van der Waals surface area contributed by atoms with Crippen molar-refractivity contribution in [2.45, 2.75) is 26.0 Å². The predicted molar refractivity (Wildman–Crippen MR) is 103 cm³/mol. The lowest BCUT2D eigenvalue weighted by Crippen LogP contribution is -2.37. The Bertz CT molecular complexity index is 760. The van der Waals surface area contributed by atoms with Crippen LogP contribution in [0.5, 0.6) is 5.75 Å². The Labute approximate surface area is 153 Å².